The Morgan fingerprint density at radius 3 is 2.90 bits per heavy atom. The minimum Gasteiger partial charge on any atom is -0.392 e. The molecular weight excluding hydrogens is 276 g/mol. The number of amides is 1. The SMILES string of the molecule is Cc1cc(C)c(NC(=O)CN2CCCC(O)C2)c(Cl)c1. The van der Waals surface area contributed by atoms with E-state index in [9.17, 15) is 9.90 Å². The van der Waals surface area contributed by atoms with E-state index in [0.717, 1.165) is 30.5 Å². The Hall–Kier alpha value is -1.10. The number of aliphatic hydroxyl groups excluding tert-OH is 1. The lowest BCUT2D eigenvalue weighted by molar-refractivity contribution is -0.118. The molecule has 4 nitrogen and oxygen atoms in total. The number of piperidine rings is 1. The number of benzene rings is 1. The van der Waals surface area contributed by atoms with E-state index in [2.05, 4.69) is 5.32 Å². The second-order valence-electron chi connectivity index (χ2n) is 5.52. The highest BCUT2D eigenvalue weighted by Gasteiger charge is 2.20. The van der Waals surface area contributed by atoms with Gasteiger partial charge in [0, 0.05) is 6.54 Å². The number of hydrogen-bond acceptors (Lipinski definition) is 3. The van der Waals surface area contributed by atoms with E-state index in [-0.39, 0.29) is 12.0 Å². The van der Waals surface area contributed by atoms with Crippen LogP contribution in [-0.2, 0) is 4.79 Å². The Labute approximate surface area is 124 Å². The van der Waals surface area contributed by atoms with Gasteiger partial charge in [0.25, 0.3) is 0 Å². The molecule has 0 aliphatic carbocycles. The molecule has 1 aromatic carbocycles. The molecule has 1 atom stereocenters. The number of carbonyl (C=O) groups excluding carboxylic acids is 1. The molecule has 2 rings (SSSR count). The standard InChI is InChI=1S/C15H21ClN2O2/c1-10-6-11(2)15(13(16)7-10)17-14(20)9-18-5-3-4-12(19)8-18/h6-7,12,19H,3-5,8-9H2,1-2H3,(H,17,20). The van der Waals surface area contributed by atoms with Crippen molar-refractivity contribution >= 4 is 23.2 Å². The summed E-state index contributed by atoms with van der Waals surface area (Å²) in [7, 11) is 0. The summed E-state index contributed by atoms with van der Waals surface area (Å²) in [5.41, 5.74) is 2.71. The van der Waals surface area contributed by atoms with Crippen LogP contribution in [0.2, 0.25) is 5.02 Å². The average molecular weight is 297 g/mol. The third-order valence-corrected chi connectivity index (χ3v) is 3.84. The number of nitrogens with zero attached hydrogens (tertiary/aromatic N) is 1. The van der Waals surface area contributed by atoms with Crippen LogP contribution in [0.4, 0.5) is 5.69 Å². The van der Waals surface area contributed by atoms with Crippen molar-refractivity contribution in [2.24, 2.45) is 0 Å². The van der Waals surface area contributed by atoms with Crippen molar-refractivity contribution in [3.63, 3.8) is 0 Å². The zero-order valence-electron chi connectivity index (χ0n) is 11.9. The van der Waals surface area contributed by atoms with E-state index >= 15 is 0 Å². The minimum atomic E-state index is -0.318. The first-order valence-electron chi connectivity index (χ1n) is 6.92. The fourth-order valence-electron chi connectivity index (χ4n) is 2.63. The summed E-state index contributed by atoms with van der Waals surface area (Å²) in [5.74, 6) is -0.0899. The molecular formula is C15H21ClN2O2. The molecule has 0 saturated carbocycles. The van der Waals surface area contributed by atoms with Crippen LogP contribution in [-0.4, -0.2) is 41.7 Å². The molecule has 1 heterocycles. The monoisotopic (exact) mass is 296 g/mol. The number of aliphatic hydroxyl groups is 1. The largest absolute Gasteiger partial charge is 0.392 e. The van der Waals surface area contributed by atoms with Crippen molar-refractivity contribution in [1.29, 1.82) is 0 Å². The first kappa shape index (κ1) is 15.3. The van der Waals surface area contributed by atoms with Gasteiger partial charge in [0.05, 0.1) is 23.4 Å². The number of carbonyl (C=O) groups is 1. The van der Waals surface area contributed by atoms with Gasteiger partial charge in [0.1, 0.15) is 0 Å². The number of anilines is 1. The summed E-state index contributed by atoms with van der Waals surface area (Å²) < 4.78 is 0. The lowest BCUT2D eigenvalue weighted by Gasteiger charge is -2.29. The van der Waals surface area contributed by atoms with E-state index in [1.807, 2.05) is 30.9 Å². The molecule has 1 aliphatic heterocycles. The number of aryl methyl sites for hydroxylation is 2. The lowest BCUT2D eigenvalue weighted by Crippen LogP contribution is -2.42. The molecule has 1 unspecified atom stereocenters. The van der Waals surface area contributed by atoms with E-state index in [1.54, 1.807) is 0 Å². The molecule has 0 spiro atoms. The van der Waals surface area contributed by atoms with E-state index in [0.29, 0.717) is 23.8 Å². The van der Waals surface area contributed by atoms with Gasteiger partial charge in [-0.25, -0.2) is 0 Å². The molecule has 2 N–H and O–H groups in total. The quantitative estimate of drug-likeness (QED) is 0.900. The Bertz CT molecular complexity index is 482. The maximum Gasteiger partial charge on any atom is 0.238 e. The van der Waals surface area contributed by atoms with Crippen LogP contribution in [0, 0.1) is 13.8 Å². The minimum absolute atomic E-state index is 0.0899. The molecule has 1 amide bonds. The third kappa shape index (κ3) is 3.95. The van der Waals surface area contributed by atoms with Gasteiger partial charge in [-0.05, 0) is 50.4 Å². The van der Waals surface area contributed by atoms with Gasteiger partial charge in [-0.15, -0.1) is 0 Å². The van der Waals surface area contributed by atoms with Crippen LogP contribution in [0.25, 0.3) is 0 Å². The van der Waals surface area contributed by atoms with E-state index in [1.165, 1.54) is 0 Å². The molecule has 0 bridgehead atoms. The van der Waals surface area contributed by atoms with Gasteiger partial charge in [-0.1, -0.05) is 17.7 Å². The number of β-amino-alcohol motifs (C(OH)–C–C–N with tert-alkyl or cyclic N) is 1. The van der Waals surface area contributed by atoms with Crippen LogP contribution in [0.3, 0.4) is 0 Å². The van der Waals surface area contributed by atoms with Crippen molar-refractivity contribution in [1.82, 2.24) is 4.90 Å². The highest BCUT2D eigenvalue weighted by Crippen LogP contribution is 2.27. The zero-order chi connectivity index (χ0) is 14.7. The molecule has 20 heavy (non-hydrogen) atoms. The molecule has 1 aliphatic rings. The molecule has 1 fully saturated rings. The van der Waals surface area contributed by atoms with Gasteiger partial charge in [0.2, 0.25) is 5.91 Å². The van der Waals surface area contributed by atoms with Crippen LogP contribution in [0.1, 0.15) is 24.0 Å². The maximum atomic E-state index is 12.1. The first-order chi connectivity index (χ1) is 9.45. The Balaban J connectivity index is 1.98. The summed E-state index contributed by atoms with van der Waals surface area (Å²) in [6, 6.07) is 3.83. The van der Waals surface area contributed by atoms with Gasteiger partial charge in [0.15, 0.2) is 0 Å². The number of rotatable bonds is 3. The van der Waals surface area contributed by atoms with Crippen molar-refractivity contribution in [3.8, 4) is 0 Å². The summed E-state index contributed by atoms with van der Waals surface area (Å²) in [6.07, 6.45) is 1.43. The second kappa shape index (κ2) is 6.57. The predicted molar refractivity (Wildman–Crippen MR) is 81.2 cm³/mol. The molecule has 5 heteroatoms. The summed E-state index contributed by atoms with van der Waals surface area (Å²) in [6.45, 7) is 5.61. The molecule has 1 saturated heterocycles. The molecule has 0 aromatic heterocycles. The van der Waals surface area contributed by atoms with Crippen molar-refractivity contribution < 1.29 is 9.90 Å². The second-order valence-corrected chi connectivity index (χ2v) is 5.93. The highest BCUT2D eigenvalue weighted by molar-refractivity contribution is 6.34. The lowest BCUT2D eigenvalue weighted by atomic mass is 10.1. The number of halogens is 1. The predicted octanol–water partition coefficient (Wildman–Crippen LogP) is 2.35. The average Bonchev–Trinajstić information content (AvgIpc) is 2.33. The van der Waals surface area contributed by atoms with Crippen molar-refractivity contribution in [3.05, 3.63) is 28.3 Å². The Morgan fingerprint density at radius 1 is 1.50 bits per heavy atom. The first-order valence-corrected chi connectivity index (χ1v) is 7.30. The smallest absolute Gasteiger partial charge is 0.238 e. The normalized spacial score (nSPS) is 19.9. The Kier molecular flexibility index (Phi) is 5.02. The molecule has 0 radical (unpaired) electrons. The Morgan fingerprint density at radius 2 is 2.25 bits per heavy atom. The van der Waals surface area contributed by atoms with Crippen LogP contribution in [0.15, 0.2) is 12.1 Å². The number of hydrogen-bond donors (Lipinski definition) is 2. The van der Waals surface area contributed by atoms with Crippen molar-refractivity contribution in [2.45, 2.75) is 32.8 Å². The molecule has 1 aromatic rings. The maximum absolute atomic E-state index is 12.1. The fraction of sp³-hybridized carbons (Fsp3) is 0.533. The topological polar surface area (TPSA) is 52.6 Å². The van der Waals surface area contributed by atoms with Crippen LogP contribution < -0.4 is 5.32 Å². The summed E-state index contributed by atoms with van der Waals surface area (Å²) in [5, 5.41) is 13.0. The highest BCUT2D eigenvalue weighted by atomic mass is 35.5. The van der Waals surface area contributed by atoms with Gasteiger partial charge < -0.3 is 10.4 Å². The van der Waals surface area contributed by atoms with Crippen LogP contribution in [0.5, 0.6) is 0 Å². The van der Waals surface area contributed by atoms with Gasteiger partial charge in [-0.2, -0.15) is 0 Å². The van der Waals surface area contributed by atoms with E-state index in [4.69, 9.17) is 11.6 Å². The number of nitrogens with one attached hydrogen (secondary N) is 1. The third-order valence-electron chi connectivity index (χ3n) is 3.54. The van der Waals surface area contributed by atoms with Gasteiger partial charge in [-0.3, -0.25) is 9.69 Å². The van der Waals surface area contributed by atoms with Crippen molar-refractivity contribution in [2.75, 3.05) is 25.0 Å². The van der Waals surface area contributed by atoms with Crippen LogP contribution >= 0.6 is 11.6 Å². The summed E-state index contributed by atoms with van der Waals surface area (Å²) >= 11 is 6.18. The fourth-order valence-corrected chi connectivity index (χ4v) is 3.00. The van der Waals surface area contributed by atoms with E-state index < -0.39 is 0 Å². The summed E-state index contributed by atoms with van der Waals surface area (Å²) in [4.78, 5) is 14.1. The molecule has 110 valence electrons. The van der Waals surface area contributed by atoms with Gasteiger partial charge >= 0.3 is 0 Å². The zero-order valence-corrected chi connectivity index (χ0v) is 12.7. The number of likely N-dealkylation sites (tertiary alicyclic amines) is 1.